The number of rotatable bonds is 5. The molecule has 0 atom stereocenters. The topological polar surface area (TPSA) is 9.72 Å². The van der Waals surface area contributed by atoms with Crippen LogP contribution in [0.25, 0.3) is 20.2 Å². The molecule has 85 heavy (non-hydrogen) atoms. The lowest BCUT2D eigenvalue weighted by molar-refractivity contribution is 0.332. The number of thiophene rings is 1. The molecule has 2 aliphatic heterocycles. The number of nitrogens with zero attached hydrogens (tertiary/aromatic N) is 3. The molecule has 2 aliphatic carbocycles. The van der Waals surface area contributed by atoms with Gasteiger partial charge in [0.1, 0.15) is 0 Å². The summed E-state index contributed by atoms with van der Waals surface area (Å²) in [4.78, 5) is 7.97. The molecule has 1 aromatic heterocycles. The number of benzene rings is 8. The second-order valence-electron chi connectivity index (χ2n) is 32.9. The van der Waals surface area contributed by atoms with Crippen molar-refractivity contribution in [3.63, 3.8) is 0 Å². The minimum Gasteiger partial charge on any atom is -0.311 e. The van der Waals surface area contributed by atoms with Gasteiger partial charge < -0.3 is 14.7 Å². The van der Waals surface area contributed by atoms with Crippen LogP contribution in [0.5, 0.6) is 0 Å². The van der Waals surface area contributed by atoms with Gasteiger partial charge >= 0.3 is 0 Å². The Labute approximate surface area is 515 Å². The van der Waals surface area contributed by atoms with Crippen molar-refractivity contribution >= 4 is 106 Å². The van der Waals surface area contributed by atoms with Crippen LogP contribution in [0, 0.1) is 0 Å². The van der Waals surface area contributed by atoms with Gasteiger partial charge in [-0.3, -0.25) is 0 Å². The first-order valence-corrected chi connectivity index (χ1v) is 32.7. The fraction of sp³-hybridized carbons (Fsp3) is 0.400. The Morgan fingerprint density at radius 2 is 0.859 bits per heavy atom. The Morgan fingerprint density at radius 1 is 0.376 bits per heavy atom. The van der Waals surface area contributed by atoms with E-state index in [9.17, 15) is 0 Å². The molecule has 0 saturated carbocycles. The van der Waals surface area contributed by atoms with Crippen molar-refractivity contribution in [3.8, 4) is 0 Å². The lowest BCUT2D eigenvalue weighted by Gasteiger charge is -2.48. The minimum atomic E-state index is -0.174. The van der Waals surface area contributed by atoms with Gasteiger partial charge in [0.15, 0.2) is 0 Å². The number of hydrogen-bond acceptors (Lipinski definition) is 4. The summed E-state index contributed by atoms with van der Waals surface area (Å²) in [6.07, 6.45) is 4.66. The van der Waals surface area contributed by atoms with Crippen LogP contribution in [0.3, 0.4) is 0 Å². The van der Waals surface area contributed by atoms with E-state index in [4.69, 9.17) is 0 Å². The van der Waals surface area contributed by atoms with Crippen molar-refractivity contribution in [2.24, 2.45) is 0 Å². The molecule has 13 rings (SSSR count). The Hall–Kier alpha value is -6.56. The van der Waals surface area contributed by atoms with E-state index in [1.807, 2.05) is 11.3 Å². The average molecular weight is 1140 g/mol. The first-order valence-electron chi connectivity index (χ1n) is 31.9. The minimum absolute atomic E-state index is 0.00792. The summed E-state index contributed by atoms with van der Waals surface area (Å²) in [5.41, 5.74) is 26.5. The van der Waals surface area contributed by atoms with Crippen LogP contribution in [-0.4, -0.2) is 6.71 Å². The molecular formula is C80H92BN3S. The van der Waals surface area contributed by atoms with Crippen LogP contribution in [0.2, 0.25) is 0 Å². The molecule has 0 unspecified atom stereocenters. The first-order chi connectivity index (χ1) is 39.6. The van der Waals surface area contributed by atoms with Crippen LogP contribution in [-0.2, 0) is 43.3 Å². The van der Waals surface area contributed by atoms with E-state index in [1.54, 1.807) is 0 Å². The maximum absolute atomic E-state index is 2.74. The van der Waals surface area contributed by atoms with Gasteiger partial charge in [0.2, 0.25) is 0 Å². The molecule has 3 heterocycles. The predicted octanol–water partition coefficient (Wildman–Crippen LogP) is 21.5. The lowest BCUT2D eigenvalue weighted by atomic mass is 9.33. The van der Waals surface area contributed by atoms with E-state index < -0.39 is 0 Å². The maximum Gasteiger partial charge on any atom is 0.252 e. The zero-order valence-corrected chi connectivity index (χ0v) is 55.8. The molecular weight excluding hydrogens is 1050 g/mol. The quantitative estimate of drug-likeness (QED) is 0.159. The van der Waals surface area contributed by atoms with Crippen LogP contribution >= 0.6 is 11.3 Å². The zero-order chi connectivity index (χ0) is 60.7. The van der Waals surface area contributed by atoms with Crippen molar-refractivity contribution in [1.29, 1.82) is 0 Å². The Morgan fingerprint density at radius 3 is 1.41 bits per heavy atom. The fourth-order valence-electron chi connectivity index (χ4n) is 15.0. The molecule has 5 heteroatoms. The predicted molar refractivity (Wildman–Crippen MR) is 373 cm³/mol. The Bertz CT molecular complexity index is 4120. The third-order valence-electron chi connectivity index (χ3n) is 20.8. The maximum atomic E-state index is 2.74. The molecule has 4 aliphatic rings. The molecule has 0 bridgehead atoms. The lowest BCUT2D eigenvalue weighted by Crippen LogP contribution is -2.62. The number of hydrogen-bond donors (Lipinski definition) is 0. The van der Waals surface area contributed by atoms with Gasteiger partial charge in [0.05, 0.1) is 10.4 Å². The van der Waals surface area contributed by atoms with E-state index >= 15 is 0 Å². The summed E-state index contributed by atoms with van der Waals surface area (Å²) in [5.74, 6) is 0. The highest BCUT2D eigenvalue weighted by molar-refractivity contribution is 7.26. The summed E-state index contributed by atoms with van der Waals surface area (Å²) >= 11 is 1.96. The van der Waals surface area contributed by atoms with Crippen molar-refractivity contribution in [2.75, 3.05) is 14.7 Å². The molecule has 9 aromatic rings. The highest BCUT2D eigenvalue weighted by Gasteiger charge is 2.48. The molecule has 0 fully saturated rings. The number of anilines is 9. The fourth-order valence-corrected chi connectivity index (χ4v) is 16.2. The van der Waals surface area contributed by atoms with Gasteiger partial charge in [0.25, 0.3) is 6.71 Å². The van der Waals surface area contributed by atoms with E-state index in [1.165, 1.54) is 122 Å². The summed E-state index contributed by atoms with van der Waals surface area (Å²) in [5, 5.41) is 2.63. The molecule has 0 amide bonds. The molecule has 0 saturated heterocycles. The van der Waals surface area contributed by atoms with Crippen LogP contribution in [0.1, 0.15) is 209 Å². The van der Waals surface area contributed by atoms with Crippen LogP contribution in [0.4, 0.5) is 51.2 Å². The third-order valence-corrected chi connectivity index (χ3v) is 22.0. The van der Waals surface area contributed by atoms with Crippen molar-refractivity contribution in [3.05, 3.63) is 190 Å². The monoisotopic (exact) mass is 1140 g/mol. The largest absolute Gasteiger partial charge is 0.311 e. The average Bonchev–Trinajstić information content (AvgIpc) is 0.816. The second-order valence-corrected chi connectivity index (χ2v) is 33.9. The summed E-state index contributed by atoms with van der Waals surface area (Å²) in [6.45, 7) is 48.0. The highest BCUT2D eigenvalue weighted by Crippen LogP contribution is 2.55. The highest BCUT2D eigenvalue weighted by atomic mass is 32.1. The second kappa shape index (κ2) is 19.0. The van der Waals surface area contributed by atoms with Gasteiger partial charge in [-0.1, -0.05) is 205 Å². The zero-order valence-electron chi connectivity index (χ0n) is 55.0. The molecule has 0 spiro atoms. The van der Waals surface area contributed by atoms with Crippen LogP contribution in [0.15, 0.2) is 146 Å². The van der Waals surface area contributed by atoms with E-state index in [0.717, 1.165) is 36.3 Å². The van der Waals surface area contributed by atoms with E-state index in [2.05, 4.69) is 299 Å². The standard InChI is InChI=1S/C80H92BN3S/c1-73(2,3)49-24-29-53(30-25-49)82(54-31-26-50(27-32-54)74(4,5)6)56-34-37-63-66(46-56)84(65-23-21-22-58-57-35-28-51(75(7,8)9)44-70(57)85-72(58)65)69-43-52(76(10,11)12)42-68-71(69)81(63)64-47-61-62(80(19,20)41-40-79(61,17)18)48-67(64)83(68)55-33-36-59-60(45-55)78(15,16)39-38-77(59,13)14/h21-37,42-48H,38-41H2,1-20H3. The van der Waals surface area contributed by atoms with Gasteiger partial charge in [0, 0.05) is 61.0 Å². The van der Waals surface area contributed by atoms with E-state index in [0.29, 0.717) is 0 Å². The SMILES string of the molecule is CC(C)(C)c1ccc(N(c2ccc(C(C)(C)C)cc2)c2ccc3c(c2)N(c2cccc4c2sc2cc(C(C)(C)C)ccc24)c2cc(C(C)(C)C)cc4c2B3c2cc3c(cc2N4c2ccc4c(c2)C(C)(C)CCC4(C)C)C(C)(C)CCC3(C)C)cc1. The van der Waals surface area contributed by atoms with Crippen molar-refractivity contribution < 1.29 is 0 Å². The molecule has 436 valence electrons. The number of fused-ring (bicyclic) bond motifs is 9. The van der Waals surface area contributed by atoms with Gasteiger partial charge in [-0.2, -0.15) is 0 Å². The van der Waals surface area contributed by atoms with Crippen molar-refractivity contribution in [2.45, 2.75) is 207 Å². The van der Waals surface area contributed by atoms with E-state index in [-0.39, 0.29) is 50.0 Å². The third kappa shape index (κ3) is 9.41. The van der Waals surface area contributed by atoms with Gasteiger partial charge in [-0.05, 0) is 209 Å². The summed E-state index contributed by atoms with van der Waals surface area (Å²) in [6, 6.07) is 58.8. The first kappa shape index (κ1) is 57.5. The van der Waals surface area contributed by atoms with Gasteiger partial charge in [-0.15, -0.1) is 11.3 Å². The summed E-state index contributed by atoms with van der Waals surface area (Å²) in [7, 11) is 0. The molecule has 8 aromatic carbocycles. The Balaban J connectivity index is 1.16. The summed E-state index contributed by atoms with van der Waals surface area (Å²) < 4.78 is 2.65. The normalized spacial score (nSPS) is 17.5. The van der Waals surface area contributed by atoms with Crippen molar-refractivity contribution in [1.82, 2.24) is 0 Å². The molecule has 0 N–H and O–H groups in total. The van der Waals surface area contributed by atoms with Gasteiger partial charge in [-0.25, -0.2) is 0 Å². The molecule has 0 radical (unpaired) electrons. The molecule has 3 nitrogen and oxygen atoms in total. The van der Waals surface area contributed by atoms with Crippen LogP contribution < -0.4 is 31.1 Å². The Kier molecular flexibility index (Phi) is 12.8. The smallest absolute Gasteiger partial charge is 0.252 e.